The number of aryl methyl sites for hydroxylation is 1. The van der Waals surface area contributed by atoms with E-state index >= 15 is 0 Å². The van der Waals surface area contributed by atoms with Gasteiger partial charge in [0, 0.05) is 11.4 Å². The number of Topliss-reactive ketones (excluding diaryl/α,β-unsaturated/α-hetero) is 1. The van der Waals surface area contributed by atoms with Gasteiger partial charge in [0.15, 0.2) is 6.10 Å². The molecule has 1 aromatic heterocycles. The lowest BCUT2D eigenvalue weighted by atomic mass is 10.0. The molecule has 2 heterocycles. The Kier molecular flexibility index (Phi) is 5.63. The van der Waals surface area contributed by atoms with E-state index in [0.29, 0.717) is 39.6 Å². The van der Waals surface area contributed by atoms with Gasteiger partial charge in [-0.15, -0.1) is 0 Å². The summed E-state index contributed by atoms with van der Waals surface area (Å²) in [5.41, 5.74) is 3.14. The van der Waals surface area contributed by atoms with E-state index in [1.54, 1.807) is 52.8 Å². The van der Waals surface area contributed by atoms with Crippen molar-refractivity contribution in [1.29, 1.82) is 0 Å². The molecule has 29 heavy (non-hydrogen) atoms. The monoisotopic (exact) mass is 399 g/mol. The van der Waals surface area contributed by atoms with Crippen LogP contribution in [0.4, 0.5) is 11.4 Å². The van der Waals surface area contributed by atoms with Crippen LogP contribution in [0, 0.1) is 13.8 Å². The lowest BCUT2D eigenvalue weighted by Gasteiger charge is -2.24. The van der Waals surface area contributed by atoms with Gasteiger partial charge in [-0.3, -0.25) is 9.59 Å². The highest BCUT2D eigenvalue weighted by Gasteiger charge is 2.27. The van der Waals surface area contributed by atoms with Crippen LogP contribution in [-0.2, 0) is 9.53 Å². The van der Waals surface area contributed by atoms with Gasteiger partial charge in [0.05, 0.1) is 29.6 Å². The number of amides is 1. The first-order chi connectivity index (χ1) is 13.7. The van der Waals surface area contributed by atoms with Gasteiger partial charge in [0.1, 0.15) is 5.75 Å². The van der Waals surface area contributed by atoms with Gasteiger partial charge in [-0.2, -0.15) is 0 Å². The Labute approximate surface area is 169 Å². The SMILES string of the molecule is CCOC(=O)c1c(C)[nH]c(C(=O)[C@@H](C)Nc2ccc3c(c2)NC(=O)[C@@H](C)O3)c1C. The van der Waals surface area contributed by atoms with Crippen LogP contribution in [0.25, 0.3) is 0 Å². The maximum Gasteiger partial charge on any atom is 0.340 e. The number of benzene rings is 1. The van der Waals surface area contributed by atoms with Crippen molar-refractivity contribution in [3.05, 3.63) is 40.7 Å². The number of carbonyl (C=O) groups is 3. The van der Waals surface area contributed by atoms with Gasteiger partial charge >= 0.3 is 5.97 Å². The summed E-state index contributed by atoms with van der Waals surface area (Å²) >= 11 is 0. The number of esters is 1. The van der Waals surface area contributed by atoms with Crippen LogP contribution in [-0.4, -0.2) is 41.4 Å². The minimum absolute atomic E-state index is 0.187. The van der Waals surface area contributed by atoms with E-state index in [4.69, 9.17) is 9.47 Å². The molecule has 8 nitrogen and oxygen atoms in total. The molecular formula is C21H25N3O5. The van der Waals surface area contributed by atoms with E-state index in [9.17, 15) is 14.4 Å². The predicted octanol–water partition coefficient (Wildman–Crippen LogP) is 3.21. The van der Waals surface area contributed by atoms with Crippen molar-refractivity contribution >= 4 is 29.0 Å². The zero-order chi connectivity index (χ0) is 21.3. The summed E-state index contributed by atoms with van der Waals surface area (Å²) in [7, 11) is 0. The lowest BCUT2D eigenvalue weighted by Crippen LogP contribution is -2.34. The maximum atomic E-state index is 13.0. The van der Waals surface area contributed by atoms with Crippen molar-refractivity contribution in [3.8, 4) is 5.75 Å². The third kappa shape index (κ3) is 3.96. The molecule has 0 aliphatic carbocycles. The first kappa shape index (κ1) is 20.4. The summed E-state index contributed by atoms with van der Waals surface area (Å²) in [5, 5.41) is 5.92. The van der Waals surface area contributed by atoms with Crippen molar-refractivity contribution in [1.82, 2.24) is 4.98 Å². The average molecular weight is 399 g/mol. The number of aromatic nitrogens is 1. The molecule has 1 aliphatic heterocycles. The number of anilines is 2. The van der Waals surface area contributed by atoms with E-state index in [-0.39, 0.29) is 18.3 Å². The summed E-state index contributed by atoms with van der Waals surface area (Å²) in [6.07, 6.45) is -0.547. The first-order valence-corrected chi connectivity index (χ1v) is 9.51. The Morgan fingerprint density at radius 3 is 2.72 bits per heavy atom. The summed E-state index contributed by atoms with van der Waals surface area (Å²) in [5.74, 6) is -0.273. The molecule has 0 unspecified atom stereocenters. The molecule has 3 rings (SSSR count). The van der Waals surface area contributed by atoms with E-state index in [2.05, 4.69) is 15.6 Å². The molecule has 3 N–H and O–H groups in total. The van der Waals surface area contributed by atoms with E-state index in [0.717, 1.165) is 0 Å². The number of rotatable bonds is 6. The van der Waals surface area contributed by atoms with Gasteiger partial charge in [0.25, 0.3) is 5.91 Å². The van der Waals surface area contributed by atoms with Crippen molar-refractivity contribution < 1.29 is 23.9 Å². The zero-order valence-electron chi connectivity index (χ0n) is 17.1. The normalized spacial score (nSPS) is 16.3. The molecule has 8 heteroatoms. The molecule has 154 valence electrons. The van der Waals surface area contributed by atoms with Crippen LogP contribution < -0.4 is 15.4 Å². The molecule has 0 saturated carbocycles. The molecule has 2 aromatic rings. The number of ketones is 1. The van der Waals surface area contributed by atoms with Crippen molar-refractivity contribution in [2.75, 3.05) is 17.2 Å². The lowest BCUT2D eigenvalue weighted by molar-refractivity contribution is -0.122. The Morgan fingerprint density at radius 2 is 2.03 bits per heavy atom. The van der Waals surface area contributed by atoms with Gasteiger partial charge in [0.2, 0.25) is 5.78 Å². The topological polar surface area (TPSA) is 110 Å². The first-order valence-electron chi connectivity index (χ1n) is 9.51. The van der Waals surface area contributed by atoms with E-state index < -0.39 is 18.1 Å². The Hall–Kier alpha value is -3.29. The number of hydrogen-bond donors (Lipinski definition) is 3. The van der Waals surface area contributed by atoms with Crippen molar-refractivity contribution in [2.45, 2.75) is 46.8 Å². The zero-order valence-corrected chi connectivity index (χ0v) is 17.1. The molecule has 0 fully saturated rings. The fourth-order valence-corrected chi connectivity index (χ4v) is 3.34. The summed E-state index contributed by atoms with van der Waals surface area (Å²) in [6, 6.07) is 4.68. The third-order valence-corrected chi connectivity index (χ3v) is 4.85. The van der Waals surface area contributed by atoms with Crippen LogP contribution in [0.2, 0.25) is 0 Å². The number of aromatic amines is 1. The molecule has 1 amide bonds. The fraction of sp³-hybridized carbons (Fsp3) is 0.381. The molecule has 1 aromatic carbocycles. The molecule has 0 spiro atoms. The number of ether oxygens (including phenoxy) is 2. The van der Waals surface area contributed by atoms with E-state index in [1.165, 1.54) is 0 Å². The molecule has 0 saturated heterocycles. The highest BCUT2D eigenvalue weighted by molar-refractivity contribution is 6.05. The second kappa shape index (κ2) is 7.98. The minimum Gasteiger partial charge on any atom is -0.479 e. The van der Waals surface area contributed by atoms with Gasteiger partial charge in [-0.25, -0.2) is 4.79 Å². The smallest absolute Gasteiger partial charge is 0.340 e. The molecule has 0 bridgehead atoms. The molecule has 1 aliphatic rings. The second-order valence-electron chi connectivity index (χ2n) is 7.04. The van der Waals surface area contributed by atoms with Crippen molar-refractivity contribution in [3.63, 3.8) is 0 Å². The summed E-state index contributed by atoms with van der Waals surface area (Å²) < 4.78 is 10.6. The quantitative estimate of drug-likeness (QED) is 0.508. The van der Waals surface area contributed by atoms with Crippen LogP contribution in [0.3, 0.4) is 0 Å². The molecule has 2 atom stereocenters. The van der Waals surface area contributed by atoms with Crippen LogP contribution in [0.15, 0.2) is 18.2 Å². The minimum atomic E-state index is -0.570. The molecule has 0 radical (unpaired) electrons. The maximum absolute atomic E-state index is 13.0. The number of carbonyl (C=O) groups excluding carboxylic acids is 3. The number of hydrogen-bond acceptors (Lipinski definition) is 6. The van der Waals surface area contributed by atoms with Gasteiger partial charge in [-0.05, 0) is 58.4 Å². The number of H-pyrrole nitrogens is 1. The van der Waals surface area contributed by atoms with Crippen LogP contribution in [0.5, 0.6) is 5.75 Å². The Morgan fingerprint density at radius 1 is 1.31 bits per heavy atom. The molecular weight excluding hydrogens is 374 g/mol. The highest BCUT2D eigenvalue weighted by atomic mass is 16.5. The standard InChI is InChI=1S/C21H25N3O5/c1-6-28-21(27)17-10(2)18(23-11(17)3)19(25)12(4)22-14-7-8-16-15(9-14)24-20(26)13(5)29-16/h7-9,12-13,22-23H,6H2,1-5H3,(H,24,26)/t12-,13-/m1/s1. The average Bonchev–Trinajstić information content (AvgIpc) is 2.96. The number of fused-ring (bicyclic) bond motifs is 1. The van der Waals surface area contributed by atoms with Gasteiger partial charge < -0.3 is 25.1 Å². The second-order valence-corrected chi connectivity index (χ2v) is 7.04. The summed E-state index contributed by atoms with van der Waals surface area (Å²) in [4.78, 5) is 39.9. The van der Waals surface area contributed by atoms with Crippen LogP contribution in [0.1, 0.15) is 52.9 Å². The third-order valence-electron chi connectivity index (χ3n) is 4.85. The van der Waals surface area contributed by atoms with E-state index in [1.807, 2.05) is 0 Å². The number of nitrogens with one attached hydrogen (secondary N) is 3. The Bertz CT molecular complexity index is 979. The Balaban J connectivity index is 1.78. The van der Waals surface area contributed by atoms with Crippen molar-refractivity contribution in [2.24, 2.45) is 0 Å². The summed E-state index contributed by atoms with van der Waals surface area (Å²) in [6.45, 7) is 8.88. The van der Waals surface area contributed by atoms with Gasteiger partial charge in [-0.1, -0.05) is 0 Å². The van der Waals surface area contributed by atoms with Crippen LogP contribution >= 0.6 is 0 Å². The largest absolute Gasteiger partial charge is 0.479 e. The fourth-order valence-electron chi connectivity index (χ4n) is 3.34. The highest BCUT2D eigenvalue weighted by Crippen LogP contribution is 2.32. The predicted molar refractivity (Wildman–Crippen MR) is 109 cm³/mol.